The number of hydrogen-bond acceptors (Lipinski definition) is 5. The molecule has 0 aliphatic rings. The topological polar surface area (TPSA) is 97.0 Å². The Kier molecular flexibility index (Phi) is 6.46. The van der Waals surface area contributed by atoms with Gasteiger partial charge in [0.25, 0.3) is 5.91 Å². The minimum atomic E-state index is -0.728. The van der Waals surface area contributed by atoms with Gasteiger partial charge in [0.15, 0.2) is 5.69 Å². The van der Waals surface area contributed by atoms with E-state index in [1.807, 2.05) is 6.07 Å². The Hall–Kier alpha value is -4.77. The molecular weight excluding hydrogens is 435 g/mol. The molecule has 168 valence electrons. The number of nitrogens with one attached hydrogen (secondary N) is 1. The second kappa shape index (κ2) is 9.79. The summed E-state index contributed by atoms with van der Waals surface area (Å²) >= 11 is 0. The summed E-state index contributed by atoms with van der Waals surface area (Å²) < 4.78 is 21.2. The summed E-state index contributed by atoms with van der Waals surface area (Å²) in [6.07, 6.45) is 0. The molecule has 1 amide bonds. The molecule has 0 saturated carbocycles. The predicted octanol–water partition coefficient (Wildman–Crippen LogP) is 4.38. The van der Waals surface area contributed by atoms with Crippen LogP contribution in [-0.2, 0) is 6.61 Å². The van der Waals surface area contributed by atoms with Gasteiger partial charge in [-0.1, -0.05) is 30.3 Å². The molecule has 1 heterocycles. The Bertz CT molecular complexity index is 1470. The average Bonchev–Trinajstić information content (AvgIpc) is 2.84. The Morgan fingerprint density at radius 2 is 1.88 bits per heavy atom. The van der Waals surface area contributed by atoms with Crippen molar-refractivity contribution < 1.29 is 13.9 Å². The van der Waals surface area contributed by atoms with Crippen molar-refractivity contribution in [2.45, 2.75) is 13.5 Å². The monoisotopic (exact) mass is 454 g/mol. The van der Waals surface area contributed by atoms with Gasteiger partial charge in [-0.15, -0.1) is 0 Å². The highest BCUT2D eigenvalue weighted by molar-refractivity contribution is 6.02. The highest BCUT2D eigenvalue weighted by Gasteiger charge is 2.17. The van der Waals surface area contributed by atoms with E-state index in [0.717, 1.165) is 5.56 Å². The number of hydrogen-bond donors (Lipinski definition) is 1. The van der Waals surface area contributed by atoms with E-state index >= 15 is 0 Å². The first-order valence-electron chi connectivity index (χ1n) is 10.3. The maximum Gasteiger partial charge on any atom is 0.280 e. The van der Waals surface area contributed by atoms with Gasteiger partial charge in [-0.3, -0.25) is 9.59 Å². The third kappa shape index (κ3) is 5.00. The molecule has 1 N–H and O–H groups in total. The number of anilines is 1. The van der Waals surface area contributed by atoms with Gasteiger partial charge in [0.05, 0.1) is 11.6 Å². The van der Waals surface area contributed by atoms with Gasteiger partial charge < -0.3 is 10.1 Å². The smallest absolute Gasteiger partial charge is 0.280 e. The van der Waals surface area contributed by atoms with Gasteiger partial charge in [0.2, 0.25) is 5.43 Å². The van der Waals surface area contributed by atoms with Crippen molar-refractivity contribution in [1.29, 1.82) is 5.26 Å². The molecule has 4 rings (SSSR count). The van der Waals surface area contributed by atoms with Crippen LogP contribution in [0.4, 0.5) is 10.1 Å². The number of benzene rings is 3. The van der Waals surface area contributed by atoms with E-state index < -0.39 is 17.2 Å². The number of nitriles is 1. The zero-order chi connectivity index (χ0) is 24.1. The van der Waals surface area contributed by atoms with E-state index in [2.05, 4.69) is 16.5 Å². The summed E-state index contributed by atoms with van der Waals surface area (Å²) in [7, 11) is 0. The Balaban J connectivity index is 1.53. The Labute approximate surface area is 194 Å². The summed E-state index contributed by atoms with van der Waals surface area (Å²) in [5, 5.41) is 15.8. The molecular formula is C26H19FN4O3. The maximum absolute atomic E-state index is 14.2. The van der Waals surface area contributed by atoms with Crippen LogP contribution in [0, 0.1) is 24.1 Å². The number of amides is 1. The summed E-state index contributed by atoms with van der Waals surface area (Å²) in [5.41, 5.74) is 1.33. The zero-order valence-electron chi connectivity index (χ0n) is 18.2. The molecule has 0 radical (unpaired) electrons. The van der Waals surface area contributed by atoms with Crippen LogP contribution in [0.15, 0.2) is 83.7 Å². The van der Waals surface area contributed by atoms with Crippen molar-refractivity contribution in [3.63, 3.8) is 0 Å². The van der Waals surface area contributed by atoms with E-state index in [0.29, 0.717) is 22.7 Å². The van der Waals surface area contributed by atoms with Crippen LogP contribution in [0.1, 0.15) is 27.3 Å². The van der Waals surface area contributed by atoms with E-state index in [-0.39, 0.29) is 18.0 Å². The third-order valence-electron chi connectivity index (χ3n) is 4.96. The van der Waals surface area contributed by atoms with Crippen molar-refractivity contribution in [3.05, 3.63) is 117 Å². The number of nitrogens with zero attached hydrogens (tertiary/aromatic N) is 3. The maximum atomic E-state index is 14.2. The molecule has 0 atom stereocenters. The predicted molar refractivity (Wildman–Crippen MR) is 124 cm³/mol. The Morgan fingerprint density at radius 1 is 1.09 bits per heavy atom. The SMILES string of the molecule is Cc1cc(=O)c(C(=O)Nc2cccc(OCc3cccc(C#N)c3)c2)nn1-c1ccccc1F. The summed E-state index contributed by atoms with van der Waals surface area (Å²) in [6, 6.07) is 23.0. The number of para-hydroxylation sites is 1. The number of carbonyl (C=O) groups excluding carboxylic acids is 1. The average molecular weight is 454 g/mol. The van der Waals surface area contributed by atoms with Gasteiger partial charge >= 0.3 is 0 Å². The molecule has 0 aliphatic heterocycles. The first-order valence-corrected chi connectivity index (χ1v) is 10.3. The van der Waals surface area contributed by atoms with E-state index in [1.165, 1.54) is 22.9 Å². The lowest BCUT2D eigenvalue weighted by molar-refractivity contribution is 0.101. The molecule has 8 heteroatoms. The van der Waals surface area contributed by atoms with Gasteiger partial charge in [0, 0.05) is 23.5 Å². The normalized spacial score (nSPS) is 10.4. The number of halogens is 1. The second-order valence-electron chi connectivity index (χ2n) is 7.44. The molecule has 7 nitrogen and oxygen atoms in total. The fraction of sp³-hybridized carbons (Fsp3) is 0.0769. The minimum Gasteiger partial charge on any atom is -0.489 e. The third-order valence-corrected chi connectivity index (χ3v) is 4.96. The van der Waals surface area contributed by atoms with Crippen molar-refractivity contribution in [3.8, 4) is 17.5 Å². The first kappa shape index (κ1) is 22.4. The lowest BCUT2D eigenvalue weighted by atomic mass is 10.1. The van der Waals surface area contributed by atoms with E-state index in [4.69, 9.17) is 10.00 Å². The molecule has 0 aliphatic carbocycles. The lowest BCUT2D eigenvalue weighted by Gasteiger charge is -2.12. The standard InChI is InChI=1S/C26H19FN4O3/c1-17-12-24(32)25(30-31(17)23-11-3-2-10-22(23)27)26(33)29-20-8-5-9-21(14-20)34-16-19-7-4-6-18(13-19)15-28/h2-14H,16H2,1H3,(H,29,33). The molecule has 1 aromatic heterocycles. The zero-order valence-corrected chi connectivity index (χ0v) is 18.2. The van der Waals surface area contributed by atoms with Crippen LogP contribution in [-0.4, -0.2) is 15.7 Å². The number of carbonyl (C=O) groups is 1. The molecule has 0 fully saturated rings. The van der Waals surface area contributed by atoms with Gasteiger partial charge in [-0.05, 0) is 48.9 Å². The minimum absolute atomic E-state index is 0.130. The van der Waals surface area contributed by atoms with Gasteiger partial charge in [0.1, 0.15) is 23.9 Å². The fourth-order valence-electron chi connectivity index (χ4n) is 3.32. The molecule has 0 spiro atoms. The van der Waals surface area contributed by atoms with Crippen LogP contribution in [0.3, 0.4) is 0 Å². The number of rotatable bonds is 6. The fourth-order valence-corrected chi connectivity index (χ4v) is 3.32. The Morgan fingerprint density at radius 3 is 2.68 bits per heavy atom. The van der Waals surface area contributed by atoms with Crippen LogP contribution >= 0.6 is 0 Å². The highest BCUT2D eigenvalue weighted by Crippen LogP contribution is 2.20. The summed E-state index contributed by atoms with van der Waals surface area (Å²) in [4.78, 5) is 25.3. The van der Waals surface area contributed by atoms with Crippen molar-refractivity contribution in [2.75, 3.05) is 5.32 Å². The largest absolute Gasteiger partial charge is 0.489 e. The molecule has 0 unspecified atom stereocenters. The van der Waals surface area contributed by atoms with E-state index in [1.54, 1.807) is 61.5 Å². The number of ether oxygens (including phenoxy) is 1. The van der Waals surface area contributed by atoms with Crippen LogP contribution in [0.25, 0.3) is 5.69 Å². The number of aryl methyl sites for hydroxylation is 1. The summed E-state index contributed by atoms with van der Waals surface area (Å²) in [5.74, 6) is -0.770. The summed E-state index contributed by atoms with van der Waals surface area (Å²) in [6.45, 7) is 1.84. The van der Waals surface area contributed by atoms with Crippen LogP contribution in [0.2, 0.25) is 0 Å². The molecule has 3 aromatic carbocycles. The van der Waals surface area contributed by atoms with Crippen molar-refractivity contribution in [1.82, 2.24) is 9.78 Å². The van der Waals surface area contributed by atoms with Crippen LogP contribution in [0.5, 0.6) is 5.75 Å². The molecule has 0 saturated heterocycles. The van der Waals surface area contributed by atoms with Gasteiger partial charge in [-0.2, -0.15) is 10.4 Å². The van der Waals surface area contributed by atoms with Crippen molar-refractivity contribution >= 4 is 11.6 Å². The van der Waals surface area contributed by atoms with Crippen LogP contribution < -0.4 is 15.5 Å². The highest BCUT2D eigenvalue weighted by atomic mass is 19.1. The molecule has 34 heavy (non-hydrogen) atoms. The lowest BCUT2D eigenvalue weighted by Crippen LogP contribution is -2.27. The first-order chi connectivity index (χ1) is 16.4. The van der Waals surface area contributed by atoms with Crippen molar-refractivity contribution in [2.24, 2.45) is 0 Å². The second-order valence-corrected chi connectivity index (χ2v) is 7.44. The van der Waals surface area contributed by atoms with E-state index in [9.17, 15) is 14.0 Å². The van der Waals surface area contributed by atoms with Gasteiger partial charge in [-0.25, -0.2) is 9.07 Å². The molecule has 4 aromatic rings. The molecule has 0 bridgehead atoms. The number of aromatic nitrogens is 2. The quantitative estimate of drug-likeness (QED) is 0.466.